The Morgan fingerprint density at radius 2 is 1.96 bits per heavy atom. The number of aromatic nitrogens is 2. The van der Waals surface area contributed by atoms with Crippen molar-refractivity contribution in [3.05, 3.63) is 31.0 Å². The third-order valence-corrected chi connectivity index (χ3v) is 7.97. The Kier molecular flexibility index (Phi) is 7.84. The minimum absolute atomic E-state index is 0.335. The summed E-state index contributed by atoms with van der Waals surface area (Å²) in [6.45, 7) is 5.67. The molecule has 6 nitrogen and oxygen atoms in total. The van der Waals surface area contributed by atoms with E-state index in [2.05, 4.69) is 15.9 Å². The zero-order valence-electron chi connectivity index (χ0n) is 14.2. The predicted molar refractivity (Wildman–Crippen MR) is 99.8 cm³/mol. The van der Waals surface area contributed by atoms with Crippen LogP contribution in [0, 0.1) is 12.8 Å². The molecule has 23 heavy (non-hydrogen) atoms. The summed E-state index contributed by atoms with van der Waals surface area (Å²) in [6, 6.07) is 0. The number of hydrogen-bond acceptors (Lipinski definition) is 5. The first-order chi connectivity index (χ1) is 10.6. The quantitative estimate of drug-likeness (QED) is 0.471. The molecule has 1 unspecified atom stereocenters. The fourth-order valence-corrected chi connectivity index (χ4v) is 5.37. The molecule has 0 bridgehead atoms. The highest BCUT2D eigenvalue weighted by molar-refractivity contribution is 9.10. The summed E-state index contributed by atoms with van der Waals surface area (Å²) >= 11 is 4.53. The van der Waals surface area contributed by atoms with E-state index in [1.54, 1.807) is 18.2 Å². The van der Waals surface area contributed by atoms with Crippen LogP contribution < -0.4 is 11.2 Å². The first-order valence-corrected chi connectivity index (χ1v) is 11.8. The van der Waals surface area contributed by atoms with Crippen molar-refractivity contribution < 1.29 is 9.09 Å². The second kappa shape index (κ2) is 8.70. The summed E-state index contributed by atoms with van der Waals surface area (Å²) in [5.74, 6) is 0.964. The van der Waals surface area contributed by atoms with E-state index in [4.69, 9.17) is 4.52 Å². The van der Waals surface area contributed by atoms with Crippen molar-refractivity contribution in [3.8, 4) is 0 Å². The maximum absolute atomic E-state index is 12.2. The number of hydrogen-bond donors (Lipinski definition) is 0. The highest BCUT2D eigenvalue weighted by atomic mass is 79.9. The smallest absolute Gasteiger partial charge is 0.321 e. The first kappa shape index (κ1) is 20.7. The van der Waals surface area contributed by atoms with Gasteiger partial charge in [0.05, 0.1) is 6.61 Å². The van der Waals surface area contributed by atoms with Gasteiger partial charge in [0.1, 0.15) is 4.47 Å². The molecule has 0 aromatic carbocycles. The van der Waals surface area contributed by atoms with E-state index in [9.17, 15) is 14.2 Å². The summed E-state index contributed by atoms with van der Waals surface area (Å²) in [6.07, 6.45) is 0.666. The lowest BCUT2D eigenvalue weighted by molar-refractivity contribution is 0.282. The molecule has 0 aliphatic carbocycles. The minimum atomic E-state index is -2.65. The van der Waals surface area contributed by atoms with Gasteiger partial charge in [-0.2, -0.15) is 0 Å². The van der Waals surface area contributed by atoms with Gasteiger partial charge in [-0.05, 0) is 35.2 Å². The Hall–Kier alpha value is -0.300. The van der Waals surface area contributed by atoms with Gasteiger partial charge in [0.2, 0.25) is 0 Å². The molecule has 1 aromatic rings. The largest absolute Gasteiger partial charge is 0.330 e. The van der Waals surface area contributed by atoms with Crippen LogP contribution in [0.3, 0.4) is 0 Å². The van der Waals surface area contributed by atoms with Crippen LogP contribution in [0.2, 0.25) is 0 Å². The summed E-state index contributed by atoms with van der Waals surface area (Å²) < 4.78 is 20.7. The summed E-state index contributed by atoms with van der Waals surface area (Å²) in [4.78, 5) is 23.9. The van der Waals surface area contributed by atoms with Crippen molar-refractivity contribution in [2.24, 2.45) is 13.0 Å². The van der Waals surface area contributed by atoms with Crippen molar-refractivity contribution in [1.82, 2.24) is 9.13 Å². The maximum atomic E-state index is 12.2. The Morgan fingerprint density at radius 1 is 1.35 bits per heavy atom. The van der Waals surface area contributed by atoms with E-state index < -0.39 is 6.57 Å². The minimum Gasteiger partial charge on any atom is -0.321 e. The Bertz CT molecular complexity index is 714. The van der Waals surface area contributed by atoms with Crippen LogP contribution in [0.4, 0.5) is 0 Å². The molecule has 0 fully saturated rings. The molecule has 1 rings (SSSR count). The average molecular weight is 427 g/mol. The second-order valence-corrected chi connectivity index (χ2v) is 11.9. The van der Waals surface area contributed by atoms with E-state index in [0.29, 0.717) is 41.4 Å². The molecule has 132 valence electrons. The molecule has 0 saturated carbocycles. The third-order valence-electron chi connectivity index (χ3n) is 3.23. The highest BCUT2D eigenvalue weighted by Gasteiger charge is 2.17. The van der Waals surface area contributed by atoms with E-state index in [-0.39, 0.29) is 11.2 Å². The molecule has 0 N–H and O–H groups in total. The topological polar surface area (TPSA) is 70.3 Å². The van der Waals surface area contributed by atoms with Gasteiger partial charge in [0.15, 0.2) is 0 Å². The van der Waals surface area contributed by atoms with Crippen molar-refractivity contribution >= 4 is 33.9 Å². The summed E-state index contributed by atoms with van der Waals surface area (Å²) in [5, 5.41) is 0. The number of rotatable bonds is 8. The van der Waals surface area contributed by atoms with Gasteiger partial charge in [-0.25, -0.2) is 4.79 Å². The van der Waals surface area contributed by atoms with Crippen LogP contribution >= 0.6 is 33.9 Å². The van der Waals surface area contributed by atoms with Gasteiger partial charge in [-0.1, -0.05) is 25.2 Å². The Labute approximate surface area is 148 Å². The maximum Gasteiger partial charge on any atom is 0.330 e. The van der Waals surface area contributed by atoms with Crippen molar-refractivity contribution in [1.29, 1.82) is 0 Å². The SMILES string of the molecule is Cc1c(Br)c(=O)n(C)c(=O)n1CCCSP(C)(=O)OCC(C)C. The standard InChI is InChI=1S/C14H24BrN2O4PS/c1-10(2)9-21-22(5,20)23-8-6-7-17-11(3)12(15)13(18)16(4)14(17)19/h10H,6-9H2,1-5H3. The number of halogens is 1. The van der Waals surface area contributed by atoms with Gasteiger partial charge in [-0.3, -0.25) is 18.5 Å². The van der Waals surface area contributed by atoms with Crippen LogP contribution in [0.1, 0.15) is 26.0 Å². The van der Waals surface area contributed by atoms with E-state index in [0.717, 1.165) is 4.57 Å². The van der Waals surface area contributed by atoms with Gasteiger partial charge < -0.3 is 4.52 Å². The monoisotopic (exact) mass is 426 g/mol. The second-order valence-electron chi connectivity index (χ2n) is 5.85. The van der Waals surface area contributed by atoms with Gasteiger partial charge >= 0.3 is 5.69 Å². The lowest BCUT2D eigenvalue weighted by atomic mass is 10.2. The van der Waals surface area contributed by atoms with Crippen LogP contribution in [0.5, 0.6) is 0 Å². The van der Waals surface area contributed by atoms with E-state index in [1.165, 1.54) is 18.4 Å². The van der Waals surface area contributed by atoms with Gasteiger partial charge in [0.25, 0.3) is 12.1 Å². The molecule has 0 aliphatic rings. The molecular formula is C14H24BrN2O4PS. The molecule has 0 spiro atoms. The van der Waals surface area contributed by atoms with Crippen LogP contribution in [0.25, 0.3) is 0 Å². The van der Waals surface area contributed by atoms with Crippen molar-refractivity contribution in [3.63, 3.8) is 0 Å². The Morgan fingerprint density at radius 3 is 2.52 bits per heavy atom. The molecule has 1 atom stereocenters. The lowest BCUT2D eigenvalue weighted by Crippen LogP contribution is -2.39. The zero-order valence-corrected chi connectivity index (χ0v) is 17.5. The van der Waals surface area contributed by atoms with Crippen LogP contribution in [-0.4, -0.2) is 28.2 Å². The highest BCUT2D eigenvalue weighted by Crippen LogP contribution is 2.56. The van der Waals surface area contributed by atoms with Crippen molar-refractivity contribution in [2.45, 2.75) is 33.7 Å². The molecule has 1 heterocycles. The molecule has 0 saturated heterocycles. The van der Waals surface area contributed by atoms with Crippen molar-refractivity contribution in [2.75, 3.05) is 19.0 Å². The molecule has 0 amide bonds. The van der Waals surface area contributed by atoms with Crippen LogP contribution in [0.15, 0.2) is 14.1 Å². The summed E-state index contributed by atoms with van der Waals surface area (Å²) in [5.41, 5.74) is -0.0615. The number of nitrogens with zero attached hydrogens (tertiary/aromatic N) is 2. The normalized spacial score (nSPS) is 14.2. The van der Waals surface area contributed by atoms with Gasteiger partial charge in [0, 0.05) is 31.7 Å². The molecule has 0 radical (unpaired) electrons. The molecular weight excluding hydrogens is 403 g/mol. The van der Waals surface area contributed by atoms with E-state index >= 15 is 0 Å². The van der Waals surface area contributed by atoms with Crippen LogP contribution in [-0.2, 0) is 22.7 Å². The first-order valence-electron chi connectivity index (χ1n) is 7.39. The fraction of sp³-hybridized carbons (Fsp3) is 0.714. The van der Waals surface area contributed by atoms with E-state index in [1.807, 2.05) is 13.8 Å². The summed E-state index contributed by atoms with van der Waals surface area (Å²) in [7, 11) is 1.46. The fourth-order valence-electron chi connectivity index (χ4n) is 1.87. The molecule has 9 heteroatoms. The predicted octanol–water partition coefficient (Wildman–Crippen LogP) is 3.24. The van der Waals surface area contributed by atoms with Gasteiger partial charge in [-0.15, -0.1) is 0 Å². The third kappa shape index (κ3) is 5.93. The zero-order chi connectivity index (χ0) is 17.8. The Balaban J connectivity index is 2.66. The molecule has 0 aliphatic heterocycles. The average Bonchev–Trinajstić information content (AvgIpc) is 2.48. The lowest BCUT2D eigenvalue weighted by Gasteiger charge is -2.16. The molecule has 1 aromatic heterocycles.